The second-order valence-corrected chi connectivity index (χ2v) is 7.26. The summed E-state index contributed by atoms with van der Waals surface area (Å²) in [5.41, 5.74) is 1.56. The van der Waals surface area contributed by atoms with Gasteiger partial charge in [-0.3, -0.25) is 4.79 Å². The molecule has 0 spiro atoms. The fraction of sp³-hybridized carbons (Fsp3) is 0.353. The van der Waals surface area contributed by atoms with E-state index >= 15 is 0 Å². The molecule has 0 unspecified atom stereocenters. The minimum atomic E-state index is -0.220. The molecule has 2 N–H and O–H groups in total. The molecule has 6 nitrogen and oxygen atoms in total. The summed E-state index contributed by atoms with van der Waals surface area (Å²) >= 11 is 12.1. The number of H-pyrrole nitrogens is 1. The molecule has 0 aromatic carbocycles. The van der Waals surface area contributed by atoms with E-state index in [2.05, 4.69) is 26.3 Å². The smallest absolute Gasteiger partial charge is 0.269 e. The maximum atomic E-state index is 12.4. The monoisotopic (exact) mass is 375 g/mol. The van der Waals surface area contributed by atoms with Crippen molar-refractivity contribution < 1.29 is 4.79 Å². The Morgan fingerprint density at radius 1 is 1.36 bits per heavy atom. The molecule has 2 fully saturated rings. The van der Waals surface area contributed by atoms with E-state index in [9.17, 15) is 4.79 Å². The molecule has 1 aliphatic heterocycles. The number of rotatable bonds is 3. The average Bonchev–Trinajstić information content (AvgIpc) is 2.95. The third-order valence-electron chi connectivity index (χ3n) is 4.97. The molecule has 0 radical (unpaired) electrons. The number of anilines is 1. The highest BCUT2D eigenvalue weighted by molar-refractivity contribution is 6.44. The lowest BCUT2D eigenvalue weighted by Gasteiger charge is -2.21. The van der Waals surface area contributed by atoms with E-state index in [0.717, 1.165) is 18.9 Å². The Balaban J connectivity index is 1.37. The molecule has 1 amide bonds. The van der Waals surface area contributed by atoms with E-state index in [1.54, 1.807) is 19.2 Å². The summed E-state index contributed by atoms with van der Waals surface area (Å²) in [6.07, 6.45) is 1.58. The molecule has 3 heterocycles. The Labute approximate surface area is 154 Å². The van der Waals surface area contributed by atoms with Gasteiger partial charge in [-0.2, -0.15) is 5.26 Å². The van der Waals surface area contributed by atoms with Gasteiger partial charge in [-0.25, -0.2) is 4.98 Å². The maximum absolute atomic E-state index is 12.4. The van der Waals surface area contributed by atoms with Crippen LogP contribution in [-0.2, 0) is 0 Å². The number of amides is 1. The van der Waals surface area contributed by atoms with Gasteiger partial charge in [-0.15, -0.1) is 0 Å². The molecule has 0 bridgehead atoms. The van der Waals surface area contributed by atoms with Gasteiger partial charge in [0.2, 0.25) is 0 Å². The van der Waals surface area contributed by atoms with Crippen LogP contribution in [0.4, 0.5) is 5.82 Å². The Morgan fingerprint density at radius 3 is 2.60 bits per heavy atom. The number of nitrogens with one attached hydrogen (secondary N) is 2. The van der Waals surface area contributed by atoms with E-state index in [1.807, 2.05) is 6.07 Å². The highest BCUT2D eigenvalue weighted by Crippen LogP contribution is 2.46. The lowest BCUT2D eigenvalue weighted by molar-refractivity contribution is 0.0942. The first-order valence-corrected chi connectivity index (χ1v) is 8.70. The number of piperidine rings is 1. The van der Waals surface area contributed by atoms with Crippen molar-refractivity contribution >= 4 is 34.9 Å². The number of pyridine rings is 1. The van der Waals surface area contributed by atoms with Crippen LogP contribution in [0.15, 0.2) is 18.3 Å². The number of nitriles is 1. The van der Waals surface area contributed by atoms with Crippen LogP contribution < -0.4 is 10.2 Å². The topological polar surface area (TPSA) is 84.8 Å². The van der Waals surface area contributed by atoms with E-state index in [0.29, 0.717) is 33.8 Å². The van der Waals surface area contributed by atoms with Crippen molar-refractivity contribution in [1.29, 1.82) is 5.26 Å². The summed E-state index contributed by atoms with van der Waals surface area (Å²) in [4.78, 5) is 21.8. The van der Waals surface area contributed by atoms with Gasteiger partial charge in [-0.05, 0) is 19.1 Å². The summed E-state index contributed by atoms with van der Waals surface area (Å²) < 4.78 is 0. The van der Waals surface area contributed by atoms with E-state index < -0.39 is 0 Å². The van der Waals surface area contributed by atoms with E-state index in [1.165, 1.54) is 0 Å². The second-order valence-electron chi connectivity index (χ2n) is 6.50. The molecule has 4 rings (SSSR count). The molecule has 25 heavy (non-hydrogen) atoms. The lowest BCUT2D eigenvalue weighted by atomic mass is 10.3. The molecule has 2 aromatic rings. The van der Waals surface area contributed by atoms with Crippen molar-refractivity contribution in [3.8, 4) is 6.07 Å². The fourth-order valence-electron chi connectivity index (χ4n) is 3.52. The van der Waals surface area contributed by atoms with Gasteiger partial charge >= 0.3 is 0 Å². The van der Waals surface area contributed by atoms with Crippen molar-refractivity contribution in [2.75, 3.05) is 18.0 Å². The molecular weight excluding hydrogens is 361 g/mol. The molecule has 128 valence electrons. The predicted octanol–water partition coefficient (Wildman–Crippen LogP) is 2.76. The number of aryl methyl sites for hydroxylation is 1. The largest absolute Gasteiger partial charge is 0.356 e. The molecule has 2 aliphatic rings. The highest BCUT2D eigenvalue weighted by Gasteiger charge is 2.56. The minimum Gasteiger partial charge on any atom is -0.356 e. The molecule has 1 saturated heterocycles. The number of nitrogens with zero attached hydrogens (tertiary/aromatic N) is 3. The van der Waals surface area contributed by atoms with Gasteiger partial charge in [-0.1, -0.05) is 23.2 Å². The molecular formula is C17H15Cl2N5O. The lowest BCUT2D eigenvalue weighted by Crippen LogP contribution is -2.35. The van der Waals surface area contributed by atoms with Crippen LogP contribution in [0.25, 0.3) is 0 Å². The summed E-state index contributed by atoms with van der Waals surface area (Å²) in [6, 6.07) is 5.85. The summed E-state index contributed by atoms with van der Waals surface area (Å²) in [6.45, 7) is 3.46. The van der Waals surface area contributed by atoms with Crippen LogP contribution in [0.1, 0.15) is 21.7 Å². The molecule has 8 heteroatoms. The summed E-state index contributed by atoms with van der Waals surface area (Å²) in [5.74, 6) is 1.46. The number of aromatic amines is 1. The van der Waals surface area contributed by atoms with Crippen molar-refractivity contribution in [2.45, 2.75) is 13.0 Å². The summed E-state index contributed by atoms with van der Waals surface area (Å²) in [5, 5.41) is 12.5. The zero-order valence-corrected chi connectivity index (χ0v) is 14.9. The number of fused-ring (bicyclic) bond motifs is 1. The Hall–Kier alpha value is -2.23. The molecule has 1 saturated carbocycles. The van der Waals surface area contributed by atoms with Crippen molar-refractivity contribution in [3.63, 3.8) is 0 Å². The van der Waals surface area contributed by atoms with Gasteiger partial charge in [0.25, 0.3) is 5.91 Å². The Morgan fingerprint density at radius 2 is 2.08 bits per heavy atom. The van der Waals surface area contributed by atoms with Crippen LogP contribution in [0.2, 0.25) is 10.0 Å². The van der Waals surface area contributed by atoms with Crippen LogP contribution in [-0.4, -0.2) is 35.0 Å². The normalized spacial score (nSPS) is 23.9. The molecule has 1 aliphatic carbocycles. The van der Waals surface area contributed by atoms with Crippen molar-refractivity contribution in [3.05, 3.63) is 45.3 Å². The van der Waals surface area contributed by atoms with Gasteiger partial charge < -0.3 is 15.2 Å². The maximum Gasteiger partial charge on any atom is 0.269 e. The number of carbonyl (C=O) groups excluding carboxylic acids is 1. The quantitative estimate of drug-likeness (QED) is 0.863. The number of halogens is 2. The van der Waals surface area contributed by atoms with Crippen molar-refractivity contribution in [2.24, 2.45) is 11.8 Å². The second kappa shape index (κ2) is 5.94. The number of hydrogen-bond acceptors (Lipinski definition) is 4. The van der Waals surface area contributed by atoms with Gasteiger partial charge in [0.15, 0.2) is 0 Å². The van der Waals surface area contributed by atoms with Gasteiger partial charge in [0, 0.05) is 42.9 Å². The van der Waals surface area contributed by atoms with Crippen molar-refractivity contribution in [1.82, 2.24) is 15.3 Å². The van der Waals surface area contributed by atoms with Gasteiger partial charge in [0.05, 0.1) is 15.6 Å². The third-order valence-corrected chi connectivity index (χ3v) is 5.92. The van der Waals surface area contributed by atoms with Crippen LogP contribution in [0.5, 0.6) is 0 Å². The number of hydrogen-bond donors (Lipinski definition) is 2. The fourth-order valence-corrected chi connectivity index (χ4v) is 3.93. The highest BCUT2D eigenvalue weighted by atomic mass is 35.5. The minimum absolute atomic E-state index is 0.153. The zero-order valence-electron chi connectivity index (χ0n) is 13.4. The SMILES string of the molecule is Cc1[nH]c(C(=O)N[C@@H]2[C@@H]3CN(c4ccc(C#N)cn4)C[C@@H]32)c(Cl)c1Cl. The number of aromatic nitrogens is 2. The number of carbonyl (C=O) groups is 1. The summed E-state index contributed by atoms with van der Waals surface area (Å²) in [7, 11) is 0. The standard InChI is InChI=1S/C17H15Cl2N5O/c1-8-13(18)14(19)16(22-8)17(25)23-15-10-6-24(7-11(10)15)12-3-2-9(4-20)5-21-12/h2-3,5,10-11,15,22H,6-7H2,1H3,(H,23,25)/t10-,11+,15-. The Kier molecular flexibility index (Phi) is 3.86. The van der Waals surface area contributed by atoms with Crippen LogP contribution in [0, 0.1) is 30.1 Å². The third kappa shape index (κ3) is 2.74. The first-order valence-electron chi connectivity index (χ1n) is 7.95. The first-order chi connectivity index (χ1) is 12.0. The van der Waals surface area contributed by atoms with Crippen LogP contribution >= 0.6 is 23.2 Å². The zero-order chi connectivity index (χ0) is 17.7. The average molecular weight is 376 g/mol. The van der Waals surface area contributed by atoms with Gasteiger partial charge in [0.1, 0.15) is 17.6 Å². The van der Waals surface area contributed by atoms with Crippen LogP contribution in [0.3, 0.4) is 0 Å². The molecule has 2 aromatic heterocycles. The first kappa shape index (κ1) is 16.2. The molecule has 3 atom stereocenters. The van der Waals surface area contributed by atoms with E-state index in [-0.39, 0.29) is 17.0 Å². The predicted molar refractivity (Wildman–Crippen MR) is 94.9 cm³/mol. The Bertz CT molecular complexity index is 874. The van der Waals surface area contributed by atoms with E-state index in [4.69, 9.17) is 28.5 Å².